The maximum absolute atomic E-state index is 13.2. The van der Waals surface area contributed by atoms with Crippen LogP contribution in [0.25, 0.3) is 0 Å². The van der Waals surface area contributed by atoms with Gasteiger partial charge in [0.1, 0.15) is 11.6 Å². The zero-order chi connectivity index (χ0) is 23.7. The van der Waals surface area contributed by atoms with Crippen molar-refractivity contribution in [1.29, 1.82) is 5.41 Å². The summed E-state index contributed by atoms with van der Waals surface area (Å²) in [4.78, 5) is 26.8. The standard InChI is InChI=1S/C25H39N3O3/c1-15(2)23(31)27-13-16-9-10-28(22(16)26)14-20(29)17-11-18(24(3,4)5)21(30)19(12-17)25(6,7)8/h11-12,15-16,26,30H,9-10,13-14H2,1-8H3,(H,27,31). The van der Waals surface area contributed by atoms with Gasteiger partial charge in [-0.2, -0.15) is 0 Å². The summed E-state index contributed by atoms with van der Waals surface area (Å²) in [7, 11) is 0. The van der Waals surface area contributed by atoms with E-state index < -0.39 is 0 Å². The zero-order valence-corrected chi connectivity index (χ0v) is 20.3. The topological polar surface area (TPSA) is 93.5 Å². The van der Waals surface area contributed by atoms with E-state index in [0.717, 1.165) is 17.5 Å². The Kier molecular flexibility index (Phi) is 7.24. The molecule has 2 rings (SSSR count). The number of hydrogen-bond acceptors (Lipinski definition) is 4. The van der Waals surface area contributed by atoms with Gasteiger partial charge < -0.3 is 15.3 Å². The number of carbonyl (C=O) groups excluding carboxylic acids is 2. The molecule has 0 saturated carbocycles. The quantitative estimate of drug-likeness (QED) is 0.590. The Labute approximate surface area is 186 Å². The number of nitrogens with zero attached hydrogens (tertiary/aromatic N) is 1. The van der Waals surface area contributed by atoms with E-state index in [1.807, 2.05) is 55.4 Å². The Morgan fingerprint density at radius 2 is 1.65 bits per heavy atom. The number of ketones is 1. The van der Waals surface area contributed by atoms with Crippen molar-refractivity contribution in [2.45, 2.75) is 72.6 Å². The monoisotopic (exact) mass is 429 g/mol. The fourth-order valence-corrected chi connectivity index (χ4v) is 3.82. The second kappa shape index (κ2) is 9.01. The van der Waals surface area contributed by atoms with Crippen LogP contribution in [0.15, 0.2) is 12.1 Å². The van der Waals surface area contributed by atoms with Crippen LogP contribution in [0.3, 0.4) is 0 Å². The lowest BCUT2D eigenvalue weighted by Crippen LogP contribution is -2.37. The number of carbonyl (C=O) groups is 2. The van der Waals surface area contributed by atoms with E-state index in [4.69, 9.17) is 5.41 Å². The first-order valence-corrected chi connectivity index (χ1v) is 11.1. The minimum atomic E-state index is -0.305. The van der Waals surface area contributed by atoms with Crippen molar-refractivity contribution in [1.82, 2.24) is 10.2 Å². The summed E-state index contributed by atoms with van der Waals surface area (Å²) in [6, 6.07) is 3.60. The number of aromatic hydroxyl groups is 1. The number of amidine groups is 1. The molecule has 0 aromatic heterocycles. The van der Waals surface area contributed by atoms with Gasteiger partial charge in [0.15, 0.2) is 5.78 Å². The lowest BCUT2D eigenvalue weighted by Gasteiger charge is -2.28. The molecule has 1 aromatic rings. The number of benzene rings is 1. The lowest BCUT2D eigenvalue weighted by molar-refractivity contribution is -0.124. The van der Waals surface area contributed by atoms with Crippen molar-refractivity contribution in [2.24, 2.45) is 11.8 Å². The zero-order valence-electron chi connectivity index (χ0n) is 20.3. The molecule has 1 unspecified atom stereocenters. The molecule has 172 valence electrons. The van der Waals surface area contributed by atoms with Gasteiger partial charge in [-0.3, -0.25) is 15.0 Å². The predicted molar refractivity (Wildman–Crippen MR) is 125 cm³/mol. The normalized spacial score (nSPS) is 17.4. The van der Waals surface area contributed by atoms with Gasteiger partial charge in [-0.1, -0.05) is 55.4 Å². The van der Waals surface area contributed by atoms with Gasteiger partial charge in [0.2, 0.25) is 5.91 Å². The van der Waals surface area contributed by atoms with Crippen LogP contribution in [0, 0.1) is 17.2 Å². The van der Waals surface area contributed by atoms with E-state index in [-0.39, 0.29) is 46.7 Å². The summed E-state index contributed by atoms with van der Waals surface area (Å²) >= 11 is 0. The highest BCUT2D eigenvalue weighted by molar-refractivity contribution is 6.01. The molecule has 0 aliphatic carbocycles. The highest BCUT2D eigenvalue weighted by atomic mass is 16.3. The van der Waals surface area contributed by atoms with E-state index >= 15 is 0 Å². The second-order valence-electron chi connectivity index (χ2n) is 11.0. The van der Waals surface area contributed by atoms with Crippen LogP contribution in [0.4, 0.5) is 0 Å². The molecule has 1 amide bonds. The van der Waals surface area contributed by atoms with Crippen molar-refractivity contribution in [3.8, 4) is 5.75 Å². The van der Waals surface area contributed by atoms with Crippen molar-refractivity contribution >= 4 is 17.5 Å². The van der Waals surface area contributed by atoms with Crippen molar-refractivity contribution in [2.75, 3.05) is 19.6 Å². The van der Waals surface area contributed by atoms with E-state index in [2.05, 4.69) is 5.32 Å². The molecule has 3 N–H and O–H groups in total. The molecule has 0 radical (unpaired) electrons. The van der Waals surface area contributed by atoms with Gasteiger partial charge in [-0.05, 0) is 29.4 Å². The Bertz CT molecular complexity index is 825. The smallest absolute Gasteiger partial charge is 0.222 e. The second-order valence-corrected chi connectivity index (χ2v) is 11.0. The van der Waals surface area contributed by atoms with Crippen molar-refractivity contribution in [3.63, 3.8) is 0 Å². The molecule has 0 bridgehead atoms. The Morgan fingerprint density at radius 1 is 1.13 bits per heavy atom. The number of Topliss-reactive ketones (excluding diaryl/α,β-unsaturated/α-hetero) is 1. The number of rotatable bonds is 6. The highest BCUT2D eigenvalue weighted by Gasteiger charge is 2.32. The maximum atomic E-state index is 13.2. The van der Waals surface area contributed by atoms with Gasteiger partial charge >= 0.3 is 0 Å². The van der Waals surface area contributed by atoms with E-state index in [0.29, 0.717) is 24.5 Å². The van der Waals surface area contributed by atoms with Crippen LogP contribution in [0.1, 0.15) is 83.3 Å². The van der Waals surface area contributed by atoms with Gasteiger partial charge in [0, 0.05) is 41.6 Å². The summed E-state index contributed by atoms with van der Waals surface area (Å²) in [5.74, 6) is 0.431. The average molecular weight is 430 g/mol. The van der Waals surface area contributed by atoms with Crippen LogP contribution in [0.2, 0.25) is 0 Å². The number of hydrogen-bond donors (Lipinski definition) is 3. The van der Waals surface area contributed by atoms with Gasteiger partial charge in [-0.25, -0.2) is 0 Å². The van der Waals surface area contributed by atoms with Gasteiger partial charge in [-0.15, -0.1) is 0 Å². The first-order chi connectivity index (χ1) is 14.1. The Balaban J connectivity index is 2.20. The molecular formula is C25H39N3O3. The summed E-state index contributed by atoms with van der Waals surface area (Å²) in [5, 5.41) is 22.2. The molecule has 1 aliphatic rings. The largest absolute Gasteiger partial charge is 0.507 e. The average Bonchev–Trinajstić information content (AvgIpc) is 2.97. The first-order valence-electron chi connectivity index (χ1n) is 11.1. The molecule has 1 atom stereocenters. The molecule has 1 heterocycles. The Morgan fingerprint density at radius 3 is 2.10 bits per heavy atom. The minimum absolute atomic E-state index is 0.0177. The van der Waals surface area contributed by atoms with Crippen molar-refractivity contribution in [3.05, 3.63) is 28.8 Å². The first kappa shape index (κ1) is 24.9. The third-order valence-corrected chi connectivity index (χ3v) is 5.90. The third kappa shape index (κ3) is 5.86. The minimum Gasteiger partial charge on any atom is -0.507 e. The molecule has 1 fully saturated rings. The number of phenolic OH excluding ortho intramolecular Hbond substituents is 1. The fourth-order valence-electron chi connectivity index (χ4n) is 3.82. The van der Waals surface area contributed by atoms with Crippen molar-refractivity contribution < 1.29 is 14.7 Å². The van der Waals surface area contributed by atoms with Crippen LogP contribution in [0.5, 0.6) is 5.75 Å². The number of nitrogens with one attached hydrogen (secondary N) is 2. The van der Waals surface area contributed by atoms with Crippen LogP contribution in [-0.4, -0.2) is 47.2 Å². The summed E-state index contributed by atoms with van der Waals surface area (Å²) in [5.41, 5.74) is 1.47. The van der Waals surface area contributed by atoms with Crippen LogP contribution < -0.4 is 5.32 Å². The fraction of sp³-hybridized carbons (Fsp3) is 0.640. The number of likely N-dealkylation sites (tertiary alicyclic amines) is 1. The molecule has 1 aromatic carbocycles. The van der Waals surface area contributed by atoms with Crippen LogP contribution in [-0.2, 0) is 15.6 Å². The third-order valence-electron chi connectivity index (χ3n) is 5.90. The molecule has 6 nitrogen and oxygen atoms in total. The summed E-state index contributed by atoms with van der Waals surface area (Å²) in [6.45, 7) is 17.0. The van der Waals surface area contributed by atoms with E-state index in [9.17, 15) is 14.7 Å². The molecule has 0 spiro atoms. The van der Waals surface area contributed by atoms with E-state index in [1.165, 1.54) is 0 Å². The molecular weight excluding hydrogens is 390 g/mol. The van der Waals surface area contributed by atoms with Gasteiger partial charge in [0.25, 0.3) is 0 Å². The van der Waals surface area contributed by atoms with Gasteiger partial charge in [0.05, 0.1) is 6.54 Å². The molecule has 31 heavy (non-hydrogen) atoms. The van der Waals surface area contributed by atoms with E-state index in [1.54, 1.807) is 17.0 Å². The number of phenols is 1. The van der Waals surface area contributed by atoms with Crippen LogP contribution >= 0.6 is 0 Å². The molecule has 1 aliphatic heterocycles. The SMILES string of the molecule is CC(C)C(=O)NCC1CCN(CC(=O)c2cc(C(C)(C)C)c(O)c(C(C)(C)C)c2)C1=N. The number of amides is 1. The lowest BCUT2D eigenvalue weighted by atomic mass is 9.78. The summed E-state index contributed by atoms with van der Waals surface area (Å²) < 4.78 is 0. The predicted octanol–water partition coefficient (Wildman–Crippen LogP) is 4.24. The summed E-state index contributed by atoms with van der Waals surface area (Å²) in [6.07, 6.45) is 0.751. The molecule has 1 saturated heterocycles. The maximum Gasteiger partial charge on any atom is 0.222 e. The highest BCUT2D eigenvalue weighted by Crippen LogP contribution is 2.40. The molecule has 6 heteroatoms. The Hall–Kier alpha value is -2.37.